The second kappa shape index (κ2) is 10.1. The van der Waals surface area contributed by atoms with Gasteiger partial charge in [-0.3, -0.25) is 4.79 Å². The summed E-state index contributed by atoms with van der Waals surface area (Å²) in [5, 5.41) is 11.6. The fourth-order valence-electron chi connectivity index (χ4n) is 4.07. The van der Waals surface area contributed by atoms with Gasteiger partial charge in [0.1, 0.15) is 0 Å². The van der Waals surface area contributed by atoms with Gasteiger partial charge in [0.05, 0.1) is 22.2 Å². The van der Waals surface area contributed by atoms with Crippen LogP contribution in [-0.4, -0.2) is 48.3 Å². The van der Waals surface area contributed by atoms with Crippen molar-refractivity contribution in [1.29, 1.82) is 0 Å². The molecule has 4 rings (SSSR count). The number of hydrogen-bond acceptors (Lipinski definition) is 7. The number of nitrogens with zero attached hydrogens (tertiary/aromatic N) is 3. The van der Waals surface area contributed by atoms with Gasteiger partial charge in [0.15, 0.2) is 5.65 Å². The van der Waals surface area contributed by atoms with Gasteiger partial charge >= 0.3 is 0 Å². The molecule has 11 heteroatoms. The standard InChI is InChI=1S/C23H30N6O4S/c1-4-29-23-21(13-24-29)22(28-18-9-11-33-12-10-18)20(15(2)26-23)14-25-34(31,32)19-7-5-17(6-8-19)27-16(3)30/h5-8,13,18,25H,4,9-12,14H2,1-3H3,(H,26,28)(H,27,30). The number of hydrogen-bond donors (Lipinski definition) is 3. The fourth-order valence-corrected chi connectivity index (χ4v) is 5.07. The van der Waals surface area contributed by atoms with E-state index < -0.39 is 10.0 Å². The minimum absolute atomic E-state index is 0.0768. The number of sulfonamides is 1. The molecule has 0 saturated carbocycles. The van der Waals surface area contributed by atoms with E-state index >= 15 is 0 Å². The van der Waals surface area contributed by atoms with E-state index in [2.05, 4.69) is 20.5 Å². The Labute approximate surface area is 199 Å². The molecule has 2 aromatic heterocycles. The summed E-state index contributed by atoms with van der Waals surface area (Å²) in [6.45, 7) is 7.43. The normalized spacial score (nSPS) is 14.9. The van der Waals surface area contributed by atoms with E-state index in [0.717, 1.165) is 40.8 Å². The number of carbonyl (C=O) groups excluding carboxylic acids is 1. The zero-order valence-electron chi connectivity index (χ0n) is 19.6. The summed E-state index contributed by atoms with van der Waals surface area (Å²) in [7, 11) is -3.78. The quantitative estimate of drug-likeness (QED) is 0.447. The maximum absolute atomic E-state index is 13.0. The van der Waals surface area contributed by atoms with Gasteiger partial charge in [-0.25, -0.2) is 22.8 Å². The average molecular weight is 487 g/mol. The van der Waals surface area contributed by atoms with Crippen LogP contribution in [0, 0.1) is 6.92 Å². The number of aryl methyl sites for hydroxylation is 2. The molecule has 1 fully saturated rings. The van der Waals surface area contributed by atoms with Crippen molar-refractivity contribution in [2.75, 3.05) is 23.8 Å². The van der Waals surface area contributed by atoms with E-state index in [4.69, 9.17) is 9.72 Å². The molecule has 0 spiro atoms. The molecule has 1 amide bonds. The highest BCUT2D eigenvalue weighted by Crippen LogP contribution is 2.31. The fraction of sp³-hybridized carbons (Fsp3) is 0.435. The number of fused-ring (bicyclic) bond motifs is 1. The first-order valence-corrected chi connectivity index (χ1v) is 12.8. The maximum Gasteiger partial charge on any atom is 0.240 e. The Kier molecular flexibility index (Phi) is 7.15. The van der Waals surface area contributed by atoms with Gasteiger partial charge in [-0.15, -0.1) is 0 Å². The Bertz CT molecular complexity index is 1280. The second-order valence-corrected chi connectivity index (χ2v) is 10.1. The summed E-state index contributed by atoms with van der Waals surface area (Å²) in [6, 6.07) is 6.28. The van der Waals surface area contributed by atoms with Crippen molar-refractivity contribution in [2.45, 2.75) is 57.6 Å². The van der Waals surface area contributed by atoms with Gasteiger partial charge in [0.25, 0.3) is 0 Å². The van der Waals surface area contributed by atoms with Crippen molar-refractivity contribution >= 4 is 38.3 Å². The Balaban J connectivity index is 1.63. The minimum Gasteiger partial charge on any atom is -0.381 e. The van der Waals surface area contributed by atoms with Crippen molar-refractivity contribution < 1.29 is 17.9 Å². The predicted octanol–water partition coefficient (Wildman–Crippen LogP) is 2.79. The number of amides is 1. The minimum atomic E-state index is -3.78. The molecule has 3 N–H and O–H groups in total. The molecule has 0 unspecified atom stereocenters. The van der Waals surface area contributed by atoms with Crippen LogP contribution in [0.1, 0.15) is 37.9 Å². The molecule has 1 aliphatic rings. The van der Waals surface area contributed by atoms with E-state index in [1.54, 1.807) is 18.3 Å². The highest BCUT2D eigenvalue weighted by Gasteiger charge is 2.22. The molecule has 182 valence electrons. The SMILES string of the molecule is CCn1ncc2c(NC3CCOCC3)c(CNS(=O)(=O)c3ccc(NC(C)=O)cc3)c(C)nc21. The van der Waals surface area contributed by atoms with Crippen molar-refractivity contribution in [1.82, 2.24) is 19.5 Å². The van der Waals surface area contributed by atoms with Gasteiger partial charge in [-0.1, -0.05) is 0 Å². The largest absolute Gasteiger partial charge is 0.381 e. The first kappa shape index (κ1) is 24.1. The number of aromatic nitrogens is 3. The summed E-state index contributed by atoms with van der Waals surface area (Å²) < 4.78 is 36.0. The van der Waals surface area contributed by atoms with Gasteiger partial charge in [-0.05, 0) is 51.0 Å². The summed E-state index contributed by atoms with van der Waals surface area (Å²) in [4.78, 5) is 16.1. The van der Waals surface area contributed by atoms with Crippen LogP contribution in [0.2, 0.25) is 0 Å². The van der Waals surface area contributed by atoms with E-state index in [0.29, 0.717) is 25.4 Å². The van der Waals surface area contributed by atoms with Gasteiger partial charge < -0.3 is 15.4 Å². The molecule has 0 radical (unpaired) electrons. The van der Waals surface area contributed by atoms with Gasteiger partial charge in [0, 0.05) is 56.2 Å². The van der Waals surface area contributed by atoms with Crippen molar-refractivity contribution in [3.63, 3.8) is 0 Å². The first-order chi connectivity index (χ1) is 16.3. The van der Waals surface area contributed by atoms with Gasteiger partial charge in [0.2, 0.25) is 15.9 Å². The molecule has 1 aromatic carbocycles. The molecular formula is C23H30N6O4S. The smallest absolute Gasteiger partial charge is 0.240 e. The summed E-state index contributed by atoms with van der Waals surface area (Å²) in [5.74, 6) is -0.219. The number of nitrogens with one attached hydrogen (secondary N) is 3. The number of anilines is 2. The van der Waals surface area contributed by atoms with Crippen LogP contribution < -0.4 is 15.4 Å². The third kappa shape index (κ3) is 5.21. The molecule has 10 nitrogen and oxygen atoms in total. The van der Waals surface area contributed by atoms with Crippen LogP contribution in [0.3, 0.4) is 0 Å². The monoisotopic (exact) mass is 486 g/mol. The molecule has 3 heterocycles. The number of carbonyl (C=O) groups is 1. The van der Waals surface area contributed by atoms with E-state index in [9.17, 15) is 13.2 Å². The molecule has 3 aromatic rings. The summed E-state index contributed by atoms with van der Waals surface area (Å²) >= 11 is 0. The predicted molar refractivity (Wildman–Crippen MR) is 130 cm³/mol. The zero-order chi connectivity index (χ0) is 24.3. The topological polar surface area (TPSA) is 127 Å². The van der Waals surface area contributed by atoms with Gasteiger partial charge in [-0.2, -0.15) is 5.10 Å². The van der Waals surface area contributed by atoms with Crippen LogP contribution in [0.5, 0.6) is 0 Å². The third-order valence-electron chi connectivity index (χ3n) is 5.89. The lowest BCUT2D eigenvalue weighted by atomic mass is 10.1. The summed E-state index contributed by atoms with van der Waals surface area (Å²) in [5.41, 5.74) is 3.69. The molecular weight excluding hydrogens is 456 g/mol. The van der Waals surface area contributed by atoms with Crippen LogP contribution in [0.4, 0.5) is 11.4 Å². The Morgan fingerprint density at radius 2 is 1.91 bits per heavy atom. The lowest BCUT2D eigenvalue weighted by Crippen LogP contribution is -2.30. The number of rotatable bonds is 8. The Morgan fingerprint density at radius 3 is 2.56 bits per heavy atom. The van der Waals surface area contributed by atoms with E-state index in [1.807, 2.05) is 18.5 Å². The van der Waals surface area contributed by atoms with E-state index in [1.165, 1.54) is 19.1 Å². The van der Waals surface area contributed by atoms with E-state index in [-0.39, 0.29) is 23.4 Å². The number of ether oxygens (including phenoxy) is 1. The molecule has 0 bridgehead atoms. The van der Waals surface area contributed by atoms with Crippen molar-refractivity contribution in [3.8, 4) is 0 Å². The van der Waals surface area contributed by atoms with Crippen LogP contribution in [-0.2, 0) is 32.6 Å². The first-order valence-electron chi connectivity index (χ1n) is 11.3. The molecule has 34 heavy (non-hydrogen) atoms. The number of pyridine rings is 1. The molecule has 1 saturated heterocycles. The highest BCUT2D eigenvalue weighted by molar-refractivity contribution is 7.89. The van der Waals surface area contributed by atoms with Crippen molar-refractivity contribution in [3.05, 3.63) is 41.7 Å². The van der Waals surface area contributed by atoms with Crippen molar-refractivity contribution in [2.24, 2.45) is 0 Å². The maximum atomic E-state index is 13.0. The summed E-state index contributed by atoms with van der Waals surface area (Å²) in [6.07, 6.45) is 3.53. The Hall–Kier alpha value is -3.02. The zero-order valence-corrected chi connectivity index (χ0v) is 20.4. The second-order valence-electron chi connectivity index (χ2n) is 8.31. The lowest BCUT2D eigenvalue weighted by molar-refractivity contribution is -0.114. The van der Waals surface area contributed by atoms with Crippen LogP contribution >= 0.6 is 0 Å². The number of benzene rings is 1. The molecule has 0 aliphatic carbocycles. The molecule has 0 atom stereocenters. The average Bonchev–Trinajstić information content (AvgIpc) is 3.22. The Morgan fingerprint density at radius 1 is 1.21 bits per heavy atom. The van der Waals surface area contributed by atoms with Crippen LogP contribution in [0.15, 0.2) is 35.4 Å². The third-order valence-corrected chi connectivity index (χ3v) is 7.30. The van der Waals surface area contributed by atoms with Crippen LogP contribution in [0.25, 0.3) is 11.0 Å². The lowest BCUT2D eigenvalue weighted by Gasteiger charge is -2.26. The molecule has 1 aliphatic heterocycles. The highest BCUT2D eigenvalue weighted by atomic mass is 32.2.